The van der Waals surface area contributed by atoms with Crippen molar-refractivity contribution >= 4 is 11.6 Å². The van der Waals surface area contributed by atoms with Gasteiger partial charge >= 0.3 is 0 Å². The van der Waals surface area contributed by atoms with Crippen LogP contribution >= 0.6 is 0 Å². The van der Waals surface area contributed by atoms with Gasteiger partial charge in [-0.05, 0) is 26.0 Å². The number of benzene rings is 1. The van der Waals surface area contributed by atoms with Gasteiger partial charge in [0, 0.05) is 23.5 Å². The fraction of sp³-hybridized carbons (Fsp3) is 0.200. The Hall–Kier alpha value is -2.57. The molecular weight excluding hydrogens is 297 g/mol. The summed E-state index contributed by atoms with van der Waals surface area (Å²) in [4.78, 5) is 23.2. The van der Waals surface area contributed by atoms with Gasteiger partial charge in [-0.25, -0.2) is 13.2 Å². The third kappa shape index (κ3) is 3.19. The number of aromatic nitrogens is 1. The molecule has 1 aromatic carbocycles. The number of rotatable bonds is 3. The molecule has 1 N–H and O–H groups in total. The molecule has 4 nitrogen and oxygen atoms in total. The van der Waals surface area contributed by atoms with Gasteiger partial charge < -0.3 is 9.88 Å². The van der Waals surface area contributed by atoms with Crippen LogP contribution in [-0.2, 0) is 11.3 Å². The topological polar surface area (TPSA) is 51.1 Å². The van der Waals surface area contributed by atoms with Crippen molar-refractivity contribution in [2.75, 3.05) is 5.32 Å². The second-order valence-electron chi connectivity index (χ2n) is 4.83. The molecule has 0 radical (unpaired) electrons. The number of carbonyl (C=O) groups is 1. The number of anilines is 1. The van der Waals surface area contributed by atoms with Gasteiger partial charge in [0.05, 0.1) is 5.69 Å². The zero-order valence-corrected chi connectivity index (χ0v) is 11.9. The van der Waals surface area contributed by atoms with E-state index in [9.17, 15) is 22.8 Å². The number of halogens is 3. The fourth-order valence-corrected chi connectivity index (χ4v) is 2.09. The van der Waals surface area contributed by atoms with Crippen molar-refractivity contribution in [2.24, 2.45) is 0 Å². The number of nitrogens with zero attached hydrogens (tertiary/aromatic N) is 1. The molecule has 0 unspecified atom stereocenters. The Morgan fingerprint density at radius 2 is 1.68 bits per heavy atom. The first-order chi connectivity index (χ1) is 10.3. The smallest absolute Gasteiger partial charge is 0.244 e. The zero-order chi connectivity index (χ0) is 16.4. The molecule has 0 aliphatic rings. The maximum absolute atomic E-state index is 13.5. The fourth-order valence-electron chi connectivity index (χ4n) is 2.09. The number of aryl methyl sites for hydroxylation is 2. The van der Waals surface area contributed by atoms with Crippen LogP contribution in [-0.4, -0.2) is 10.5 Å². The van der Waals surface area contributed by atoms with E-state index >= 15 is 0 Å². The van der Waals surface area contributed by atoms with Crippen molar-refractivity contribution in [3.8, 4) is 0 Å². The minimum atomic E-state index is -1.64. The van der Waals surface area contributed by atoms with E-state index in [0.29, 0.717) is 11.4 Å². The molecule has 1 heterocycles. The highest BCUT2D eigenvalue weighted by molar-refractivity contribution is 5.90. The van der Waals surface area contributed by atoms with E-state index in [4.69, 9.17) is 0 Å². The standard InChI is InChI=1S/C15H13F3N2O2/c1-8-5-10(21)6-9(2)20(8)7-13(22)19-12-4-3-11(16)14(17)15(12)18/h3-6H,7H2,1-2H3,(H,19,22). The molecule has 116 valence electrons. The highest BCUT2D eigenvalue weighted by Crippen LogP contribution is 2.19. The van der Waals surface area contributed by atoms with Crippen LogP contribution < -0.4 is 10.7 Å². The first-order valence-corrected chi connectivity index (χ1v) is 6.41. The van der Waals surface area contributed by atoms with Gasteiger partial charge in [-0.1, -0.05) is 0 Å². The third-order valence-corrected chi connectivity index (χ3v) is 3.16. The molecule has 0 atom stereocenters. The second kappa shape index (κ2) is 6.05. The van der Waals surface area contributed by atoms with E-state index in [1.807, 2.05) is 0 Å². The maximum Gasteiger partial charge on any atom is 0.244 e. The van der Waals surface area contributed by atoms with E-state index in [-0.39, 0.29) is 12.0 Å². The Labute approximate surface area is 124 Å². The summed E-state index contributed by atoms with van der Waals surface area (Å²) in [6.45, 7) is 3.12. The number of pyridine rings is 1. The van der Waals surface area contributed by atoms with Crippen LogP contribution in [0.15, 0.2) is 29.1 Å². The van der Waals surface area contributed by atoms with E-state index < -0.39 is 29.0 Å². The molecule has 2 rings (SSSR count). The summed E-state index contributed by atoms with van der Waals surface area (Å²) in [6.07, 6.45) is 0. The van der Waals surface area contributed by atoms with E-state index in [2.05, 4.69) is 5.32 Å². The average molecular weight is 310 g/mol. The summed E-state index contributed by atoms with van der Waals surface area (Å²) in [5.74, 6) is -5.06. The van der Waals surface area contributed by atoms with Crippen LogP contribution in [0.1, 0.15) is 11.4 Å². The van der Waals surface area contributed by atoms with E-state index in [0.717, 1.165) is 12.1 Å². The van der Waals surface area contributed by atoms with Crippen LogP contribution in [0.5, 0.6) is 0 Å². The number of hydrogen-bond acceptors (Lipinski definition) is 2. The maximum atomic E-state index is 13.5. The van der Waals surface area contributed by atoms with Gasteiger partial charge in [-0.2, -0.15) is 0 Å². The largest absolute Gasteiger partial charge is 0.340 e. The zero-order valence-electron chi connectivity index (χ0n) is 11.9. The molecule has 0 aliphatic heterocycles. The molecule has 7 heteroatoms. The van der Waals surface area contributed by atoms with Crippen LogP contribution in [0.2, 0.25) is 0 Å². The molecule has 0 fully saturated rings. The van der Waals surface area contributed by atoms with E-state index in [1.54, 1.807) is 18.4 Å². The Morgan fingerprint density at radius 1 is 1.09 bits per heavy atom. The summed E-state index contributed by atoms with van der Waals surface area (Å²) in [6, 6.07) is 4.39. The van der Waals surface area contributed by atoms with Crippen molar-refractivity contribution in [1.29, 1.82) is 0 Å². The van der Waals surface area contributed by atoms with Gasteiger partial charge in [-0.15, -0.1) is 0 Å². The molecule has 22 heavy (non-hydrogen) atoms. The molecule has 0 saturated heterocycles. The van der Waals surface area contributed by atoms with E-state index in [1.165, 1.54) is 12.1 Å². The van der Waals surface area contributed by atoms with Crippen molar-refractivity contribution in [2.45, 2.75) is 20.4 Å². The number of amides is 1. The highest BCUT2D eigenvalue weighted by atomic mass is 19.2. The average Bonchev–Trinajstić information content (AvgIpc) is 2.43. The van der Waals surface area contributed by atoms with Crippen molar-refractivity contribution < 1.29 is 18.0 Å². The summed E-state index contributed by atoms with van der Waals surface area (Å²) in [5.41, 5.74) is 0.496. The van der Waals surface area contributed by atoms with Crippen molar-refractivity contribution in [1.82, 2.24) is 4.57 Å². The Kier molecular flexibility index (Phi) is 4.35. The lowest BCUT2D eigenvalue weighted by atomic mass is 10.2. The summed E-state index contributed by atoms with van der Waals surface area (Å²) in [5, 5.41) is 2.18. The predicted molar refractivity (Wildman–Crippen MR) is 75.1 cm³/mol. The third-order valence-electron chi connectivity index (χ3n) is 3.16. The molecule has 0 bridgehead atoms. The number of carbonyl (C=O) groups excluding carboxylic acids is 1. The van der Waals surface area contributed by atoms with Crippen LogP contribution in [0.3, 0.4) is 0 Å². The van der Waals surface area contributed by atoms with Crippen LogP contribution in [0, 0.1) is 31.3 Å². The Balaban J connectivity index is 2.21. The Bertz CT molecular complexity index is 774. The molecule has 1 aromatic heterocycles. The highest BCUT2D eigenvalue weighted by Gasteiger charge is 2.15. The lowest BCUT2D eigenvalue weighted by molar-refractivity contribution is -0.116. The molecule has 1 amide bonds. The summed E-state index contributed by atoms with van der Waals surface area (Å²) >= 11 is 0. The normalized spacial score (nSPS) is 10.6. The van der Waals surface area contributed by atoms with Crippen LogP contribution in [0.4, 0.5) is 18.9 Å². The quantitative estimate of drug-likeness (QED) is 0.886. The molecular formula is C15H13F3N2O2. The first kappa shape index (κ1) is 15.8. The van der Waals surface area contributed by atoms with Crippen molar-refractivity contribution in [3.63, 3.8) is 0 Å². The lowest BCUT2D eigenvalue weighted by Gasteiger charge is -2.14. The van der Waals surface area contributed by atoms with Gasteiger partial charge in [0.2, 0.25) is 5.91 Å². The van der Waals surface area contributed by atoms with Crippen LogP contribution in [0.25, 0.3) is 0 Å². The molecule has 0 aliphatic carbocycles. The SMILES string of the molecule is Cc1cc(=O)cc(C)n1CC(=O)Nc1ccc(F)c(F)c1F. The predicted octanol–water partition coefficient (Wildman–Crippen LogP) is 2.52. The minimum absolute atomic E-state index is 0.182. The number of nitrogens with one attached hydrogen (secondary N) is 1. The van der Waals surface area contributed by atoms with Gasteiger partial charge in [0.25, 0.3) is 0 Å². The molecule has 2 aromatic rings. The molecule has 0 spiro atoms. The monoisotopic (exact) mass is 310 g/mol. The van der Waals surface area contributed by atoms with Gasteiger partial charge in [-0.3, -0.25) is 9.59 Å². The summed E-state index contributed by atoms with van der Waals surface area (Å²) < 4.78 is 41.0. The first-order valence-electron chi connectivity index (χ1n) is 6.41. The van der Waals surface area contributed by atoms with Crippen molar-refractivity contribution in [3.05, 3.63) is 63.3 Å². The summed E-state index contributed by atoms with van der Waals surface area (Å²) in [7, 11) is 0. The van der Waals surface area contributed by atoms with Gasteiger partial charge in [0.1, 0.15) is 6.54 Å². The molecule has 0 saturated carbocycles. The minimum Gasteiger partial charge on any atom is -0.340 e. The number of hydrogen-bond donors (Lipinski definition) is 1. The Morgan fingerprint density at radius 3 is 2.27 bits per heavy atom. The lowest BCUT2D eigenvalue weighted by Crippen LogP contribution is -2.23. The second-order valence-corrected chi connectivity index (χ2v) is 4.83. The van der Waals surface area contributed by atoms with Gasteiger partial charge in [0.15, 0.2) is 22.9 Å².